The highest BCUT2D eigenvalue weighted by Crippen LogP contribution is 2.26. The SMILES string of the molecule is COc1cc(NC(=O)c2cc3ccccn3n2)cc(OC)c1. The zero-order valence-corrected chi connectivity index (χ0v) is 12.2. The lowest BCUT2D eigenvalue weighted by Crippen LogP contribution is -2.12. The average molecular weight is 297 g/mol. The van der Waals surface area contributed by atoms with Crippen LogP contribution in [0.1, 0.15) is 10.5 Å². The van der Waals surface area contributed by atoms with E-state index in [1.165, 1.54) is 0 Å². The first-order chi connectivity index (χ1) is 10.7. The number of nitrogens with one attached hydrogen (secondary N) is 1. The molecule has 3 rings (SSSR count). The van der Waals surface area contributed by atoms with Crippen LogP contribution in [-0.2, 0) is 0 Å². The largest absolute Gasteiger partial charge is 0.497 e. The van der Waals surface area contributed by atoms with Crippen LogP contribution in [0.15, 0.2) is 48.7 Å². The van der Waals surface area contributed by atoms with Crippen molar-refractivity contribution in [3.05, 3.63) is 54.4 Å². The molecule has 1 aromatic carbocycles. The molecule has 2 heterocycles. The number of fused-ring (bicyclic) bond motifs is 1. The fourth-order valence-electron chi connectivity index (χ4n) is 2.12. The Balaban J connectivity index is 1.87. The van der Waals surface area contributed by atoms with Gasteiger partial charge in [-0.2, -0.15) is 5.10 Å². The number of nitrogens with zero attached hydrogens (tertiary/aromatic N) is 2. The molecule has 0 spiro atoms. The molecule has 0 aliphatic rings. The Morgan fingerprint density at radius 1 is 1.09 bits per heavy atom. The van der Waals surface area contributed by atoms with Crippen LogP contribution >= 0.6 is 0 Å². The quantitative estimate of drug-likeness (QED) is 0.804. The summed E-state index contributed by atoms with van der Waals surface area (Å²) in [6.45, 7) is 0. The molecule has 0 saturated heterocycles. The summed E-state index contributed by atoms with van der Waals surface area (Å²) in [5.41, 5.74) is 1.78. The molecule has 0 atom stereocenters. The van der Waals surface area contributed by atoms with Gasteiger partial charge in [-0.1, -0.05) is 6.07 Å². The van der Waals surface area contributed by atoms with E-state index < -0.39 is 0 Å². The van der Waals surface area contributed by atoms with Crippen LogP contribution in [0.3, 0.4) is 0 Å². The predicted molar refractivity (Wildman–Crippen MR) is 82.7 cm³/mol. The predicted octanol–water partition coefficient (Wildman–Crippen LogP) is 2.60. The molecule has 1 N–H and O–H groups in total. The Morgan fingerprint density at radius 3 is 2.45 bits per heavy atom. The van der Waals surface area contributed by atoms with E-state index in [9.17, 15) is 4.79 Å². The minimum atomic E-state index is -0.293. The van der Waals surface area contributed by atoms with Gasteiger partial charge in [-0.05, 0) is 18.2 Å². The molecule has 6 heteroatoms. The van der Waals surface area contributed by atoms with Crippen molar-refractivity contribution < 1.29 is 14.3 Å². The van der Waals surface area contributed by atoms with Crippen LogP contribution in [0.4, 0.5) is 5.69 Å². The maximum Gasteiger partial charge on any atom is 0.276 e. The number of amides is 1. The molecule has 112 valence electrons. The fraction of sp³-hybridized carbons (Fsp3) is 0.125. The van der Waals surface area contributed by atoms with Gasteiger partial charge in [0.25, 0.3) is 5.91 Å². The standard InChI is InChI=1S/C16H15N3O3/c1-21-13-7-11(8-14(10-13)22-2)17-16(20)15-9-12-5-3-4-6-19(12)18-15/h3-10H,1-2H3,(H,17,20). The Kier molecular flexibility index (Phi) is 3.65. The van der Waals surface area contributed by atoms with Crippen LogP contribution in [0.5, 0.6) is 11.5 Å². The van der Waals surface area contributed by atoms with Gasteiger partial charge in [0.15, 0.2) is 5.69 Å². The normalized spacial score (nSPS) is 10.5. The number of rotatable bonds is 4. The van der Waals surface area contributed by atoms with Crippen molar-refractivity contribution in [3.63, 3.8) is 0 Å². The fourth-order valence-corrected chi connectivity index (χ4v) is 2.12. The smallest absolute Gasteiger partial charge is 0.276 e. The van der Waals surface area contributed by atoms with E-state index in [-0.39, 0.29) is 5.91 Å². The summed E-state index contributed by atoms with van der Waals surface area (Å²) in [6, 6.07) is 12.5. The third kappa shape index (κ3) is 2.71. The third-order valence-corrected chi connectivity index (χ3v) is 3.21. The topological polar surface area (TPSA) is 64.9 Å². The highest BCUT2D eigenvalue weighted by atomic mass is 16.5. The Hall–Kier alpha value is -3.02. The van der Waals surface area contributed by atoms with Crippen molar-refractivity contribution in [1.82, 2.24) is 9.61 Å². The van der Waals surface area contributed by atoms with E-state index >= 15 is 0 Å². The van der Waals surface area contributed by atoms with Gasteiger partial charge in [0.2, 0.25) is 0 Å². The van der Waals surface area contributed by atoms with E-state index in [1.807, 2.05) is 18.2 Å². The zero-order chi connectivity index (χ0) is 15.5. The summed E-state index contributed by atoms with van der Waals surface area (Å²) in [4.78, 5) is 12.3. The minimum Gasteiger partial charge on any atom is -0.497 e. The summed E-state index contributed by atoms with van der Waals surface area (Å²) in [5.74, 6) is 0.910. The van der Waals surface area contributed by atoms with Gasteiger partial charge in [0.1, 0.15) is 11.5 Å². The molecule has 2 aromatic heterocycles. The highest BCUT2D eigenvalue weighted by Gasteiger charge is 2.12. The van der Waals surface area contributed by atoms with Gasteiger partial charge in [0.05, 0.1) is 19.7 Å². The molecule has 22 heavy (non-hydrogen) atoms. The molecule has 0 fully saturated rings. The number of anilines is 1. The number of hydrogen-bond donors (Lipinski definition) is 1. The second kappa shape index (κ2) is 5.77. The van der Waals surface area contributed by atoms with E-state index in [1.54, 1.807) is 49.2 Å². The number of carbonyl (C=O) groups excluding carboxylic acids is 1. The van der Waals surface area contributed by atoms with Crippen molar-refractivity contribution in [2.24, 2.45) is 0 Å². The first-order valence-corrected chi connectivity index (χ1v) is 6.68. The second-order valence-corrected chi connectivity index (χ2v) is 4.66. The van der Waals surface area contributed by atoms with Crippen molar-refractivity contribution in [2.45, 2.75) is 0 Å². The summed E-state index contributed by atoms with van der Waals surface area (Å²) >= 11 is 0. The van der Waals surface area contributed by atoms with Crippen molar-refractivity contribution >= 4 is 17.1 Å². The molecular weight excluding hydrogens is 282 g/mol. The molecule has 1 amide bonds. The minimum absolute atomic E-state index is 0.293. The lowest BCUT2D eigenvalue weighted by Gasteiger charge is -2.08. The van der Waals surface area contributed by atoms with E-state index in [0.29, 0.717) is 22.9 Å². The Bertz CT molecular complexity index is 771. The number of methoxy groups -OCH3 is 2. The number of ether oxygens (including phenoxy) is 2. The number of aromatic nitrogens is 2. The first kappa shape index (κ1) is 13.9. The van der Waals surface area contributed by atoms with Gasteiger partial charge in [-0.15, -0.1) is 0 Å². The van der Waals surface area contributed by atoms with Gasteiger partial charge in [0, 0.05) is 30.1 Å². The lowest BCUT2D eigenvalue weighted by molar-refractivity contribution is 0.102. The molecule has 0 unspecified atom stereocenters. The third-order valence-electron chi connectivity index (χ3n) is 3.21. The molecule has 6 nitrogen and oxygen atoms in total. The van der Waals surface area contributed by atoms with E-state index in [0.717, 1.165) is 5.52 Å². The number of benzene rings is 1. The maximum absolute atomic E-state index is 12.3. The van der Waals surface area contributed by atoms with Crippen LogP contribution < -0.4 is 14.8 Å². The van der Waals surface area contributed by atoms with Crippen LogP contribution in [0, 0.1) is 0 Å². The summed E-state index contributed by atoms with van der Waals surface area (Å²) in [7, 11) is 3.12. The van der Waals surface area contributed by atoms with Crippen molar-refractivity contribution in [2.75, 3.05) is 19.5 Å². The molecule has 3 aromatic rings. The van der Waals surface area contributed by atoms with E-state index in [2.05, 4.69) is 10.4 Å². The molecular formula is C16H15N3O3. The zero-order valence-electron chi connectivity index (χ0n) is 12.2. The molecule has 0 aliphatic carbocycles. The van der Waals surface area contributed by atoms with Crippen molar-refractivity contribution in [3.8, 4) is 11.5 Å². The molecule has 0 bridgehead atoms. The number of hydrogen-bond acceptors (Lipinski definition) is 4. The monoisotopic (exact) mass is 297 g/mol. The summed E-state index contributed by atoms with van der Waals surface area (Å²) < 4.78 is 12.0. The summed E-state index contributed by atoms with van der Waals surface area (Å²) in [6.07, 6.45) is 1.79. The van der Waals surface area contributed by atoms with Crippen LogP contribution in [-0.4, -0.2) is 29.7 Å². The van der Waals surface area contributed by atoms with Crippen LogP contribution in [0.25, 0.3) is 5.52 Å². The number of pyridine rings is 1. The van der Waals surface area contributed by atoms with Gasteiger partial charge in [-0.3, -0.25) is 4.79 Å². The number of carbonyl (C=O) groups is 1. The second-order valence-electron chi connectivity index (χ2n) is 4.66. The van der Waals surface area contributed by atoms with Gasteiger partial charge >= 0.3 is 0 Å². The van der Waals surface area contributed by atoms with Gasteiger partial charge < -0.3 is 14.8 Å². The highest BCUT2D eigenvalue weighted by molar-refractivity contribution is 6.03. The summed E-state index contributed by atoms with van der Waals surface area (Å²) in [5, 5.41) is 7.03. The van der Waals surface area contributed by atoms with E-state index in [4.69, 9.17) is 9.47 Å². The Labute approximate surface area is 127 Å². The molecule has 0 aliphatic heterocycles. The average Bonchev–Trinajstić information content (AvgIpc) is 2.98. The lowest BCUT2D eigenvalue weighted by atomic mass is 10.2. The maximum atomic E-state index is 12.3. The van der Waals surface area contributed by atoms with Gasteiger partial charge in [-0.25, -0.2) is 4.52 Å². The first-order valence-electron chi connectivity index (χ1n) is 6.68. The molecule has 0 radical (unpaired) electrons. The van der Waals surface area contributed by atoms with Crippen LogP contribution in [0.2, 0.25) is 0 Å². The Morgan fingerprint density at radius 2 is 1.82 bits per heavy atom. The molecule has 0 saturated carbocycles. The van der Waals surface area contributed by atoms with Crippen molar-refractivity contribution in [1.29, 1.82) is 0 Å².